The van der Waals surface area contributed by atoms with Gasteiger partial charge in [0.05, 0.1) is 68.3 Å². The molecular weight excluding hydrogens is 752 g/mol. The summed E-state index contributed by atoms with van der Waals surface area (Å²) >= 11 is 0. The third kappa shape index (κ3) is 5.61. The van der Waals surface area contributed by atoms with Crippen LogP contribution in [0, 0.1) is 34.0 Å². The van der Waals surface area contributed by atoms with E-state index in [0.29, 0.717) is 55.3 Å². The molecule has 0 unspecified atom stereocenters. The van der Waals surface area contributed by atoms with Crippen LogP contribution in [-0.2, 0) is 6.18 Å². The van der Waals surface area contributed by atoms with Gasteiger partial charge in [0, 0.05) is 27.1 Å². The van der Waals surface area contributed by atoms with Gasteiger partial charge >= 0.3 is 6.18 Å². The Morgan fingerprint density at radius 3 is 1.47 bits per heavy atom. The molecule has 2 aromatic heterocycles. The Hall–Kier alpha value is -8.38. The number of para-hydroxylation sites is 2. The van der Waals surface area contributed by atoms with E-state index < -0.39 is 11.7 Å². The second-order valence-electron chi connectivity index (χ2n) is 14.5. The van der Waals surface area contributed by atoms with Crippen molar-refractivity contribution in [2.75, 3.05) is 0 Å². The van der Waals surface area contributed by atoms with Crippen LogP contribution < -0.4 is 0 Å². The van der Waals surface area contributed by atoms with Gasteiger partial charge in [-0.3, -0.25) is 0 Å². The fourth-order valence-electron chi connectivity index (χ4n) is 8.71. The van der Waals surface area contributed by atoms with Crippen molar-refractivity contribution in [1.82, 2.24) is 9.13 Å². The number of aromatic nitrogens is 2. The normalized spacial score (nSPS) is 11.5. The highest BCUT2D eigenvalue weighted by atomic mass is 19.4. The number of rotatable bonds is 5. The number of nitriles is 3. The van der Waals surface area contributed by atoms with E-state index in [2.05, 4.69) is 18.2 Å². The summed E-state index contributed by atoms with van der Waals surface area (Å²) in [6.45, 7) is 0. The summed E-state index contributed by atoms with van der Waals surface area (Å²) in [5.41, 5.74) is 6.25. The molecule has 0 fully saturated rings. The minimum Gasteiger partial charge on any atom is -0.309 e. The van der Waals surface area contributed by atoms with E-state index >= 15 is 13.2 Å². The smallest absolute Gasteiger partial charge is 0.309 e. The standard InChI is InChI=1S/C52H28F3N5/c53-52(54,55)50-49(59-45-18-7-5-16-41(45)43-27-34(20-23-47(43)59)38-14-3-1-11-36(38)30-57)25-22-40(33-13-9-10-32(26-33)29-56)51(50)60-46-19-8-6-17-42(46)44-28-35(21-24-48(44)60)39-15-4-2-12-37(39)31-58/h1-28H. The van der Waals surface area contributed by atoms with Gasteiger partial charge in [0.15, 0.2) is 0 Å². The molecule has 0 saturated heterocycles. The summed E-state index contributed by atoms with van der Waals surface area (Å²) < 4.78 is 53.0. The predicted octanol–water partition coefficient (Wildman–Crippen LogP) is 13.5. The van der Waals surface area contributed by atoms with Crippen LogP contribution in [0.4, 0.5) is 13.2 Å². The molecule has 282 valence electrons. The molecule has 0 saturated carbocycles. The van der Waals surface area contributed by atoms with Crippen LogP contribution in [0.25, 0.3) is 88.4 Å². The maximum atomic E-state index is 16.5. The third-order valence-corrected chi connectivity index (χ3v) is 11.3. The van der Waals surface area contributed by atoms with Crippen LogP contribution in [0.1, 0.15) is 22.3 Å². The molecule has 8 aromatic carbocycles. The molecule has 60 heavy (non-hydrogen) atoms. The van der Waals surface area contributed by atoms with E-state index in [1.54, 1.807) is 63.7 Å². The minimum atomic E-state index is -4.89. The van der Waals surface area contributed by atoms with Crippen LogP contribution >= 0.6 is 0 Å². The maximum Gasteiger partial charge on any atom is 0.420 e. The molecule has 0 N–H and O–H groups in total. The molecule has 2 heterocycles. The van der Waals surface area contributed by atoms with Crippen molar-refractivity contribution in [1.29, 1.82) is 15.8 Å². The summed E-state index contributed by atoms with van der Waals surface area (Å²) in [4.78, 5) is 0. The second kappa shape index (κ2) is 13.9. The molecule has 0 amide bonds. The molecular formula is C52H28F3N5. The molecule has 5 nitrogen and oxygen atoms in total. The molecule has 0 aliphatic heterocycles. The van der Waals surface area contributed by atoms with E-state index in [-0.39, 0.29) is 11.4 Å². The molecule has 10 rings (SSSR count). The van der Waals surface area contributed by atoms with Crippen molar-refractivity contribution in [3.05, 3.63) is 192 Å². The van der Waals surface area contributed by atoms with Crippen LogP contribution in [0.15, 0.2) is 170 Å². The summed E-state index contributed by atoms with van der Waals surface area (Å²) in [5, 5.41) is 32.7. The Bertz CT molecular complexity index is 3530. The Morgan fingerprint density at radius 1 is 0.400 bits per heavy atom. The van der Waals surface area contributed by atoms with Crippen molar-refractivity contribution in [3.63, 3.8) is 0 Å². The van der Waals surface area contributed by atoms with Gasteiger partial charge in [-0.2, -0.15) is 29.0 Å². The number of hydrogen-bond donors (Lipinski definition) is 0. The van der Waals surface area contributed by atoms with Gasteiger partial charge in [-0.05, 0) is 94.5 Å². The summed E-state index contributed by atoms with van der Waals surface area (Å²) in [6, 6.07) is 57.1. The Balaban J connectivity index is 1.34. The number of alkyl halides is 3. The van der Waals surface area contributed by atoms with Gasteiger partial charge in [0.25, 0.3) is 0 Å². The van der Waals surface area contributed by atoms with Crippen molar-refractivity contribution in [2.45, 2.75) is 6.18 Å². The first-order valence-corrected chi connectivity index (χ1v) is 19.1. The van der Waals surface area contributed by atoms with Gasteiger partial charge in [-0.15, -0.1) is 0 Å². The lowest BCUT2D eigenvalue weighted by Crippen LogP contribution is -2.16. The molecule has 0 aliphatic carbocycles. The van der Waals surface area contributed by atoms with Crippen molar-refractivity contribution in [2.24, 2.45) is 0 Å². The monoisotopic (exact) mass is 779 g/mol. The van der Waals surface area contributed by atoms with Gasteiger partial charge in [0.2, 0.25) is 0 Å². The minimum absolute atomic E-state index is 0.0699. The van der Waals surface area contributed by atoms with Crippen LogP contribution in [0.3, 0.4) is 0 Å². The van der Waals surface area contributed by atoms with Crippen LogP contribution in [0.5, 0.6) is 0 Å². The third-order valence-electron chi connectivity index (χ3n) is 11.3. The number of fused-ring (bicyclic) bond motifs is 6. The first-order chi connectivity index (χ1) is 29.3. The van der Waals surface area contributed by atoms with Crippen molar-refractivity contribution in [3.8, 4) is 63.0 Å². The van der Waals surface area contributed by atoms with E-state index in [4.69, 9.17) is 0 Å². The maximum absolute atomic E-state index is 16.5. The molecule has 0 atom stereocenters. The topological polar surface area (TPSA) is 81.2 Å². The highest BCUT2D eigenvalue weighted by Crippen LogP contribution is 2.48. The average molecular weight is 780 g/mol. The van der Waals surface area contributed by atoms with Crippen molar-refractivity contribution < 1.29 is 13.2 Å². The molecule has 0 radical (unpaired) electrons. The SMILES string of the molecule is N#Cc1cccc(-c2ccc(-n3c4ccccc4c4cc(-c5ccccc5C#N)ccc43)c(C(F)(F)F)c2-n2c3ccccc3c3cc(-c4ccccc4C#N)ccc32)c1. The lowest BCUT2D eigenvalue weighted by Gasteiger charge is -2.24. The highest BCUT2D eigenvalue weighted by molar-refractivity contribution is 6.13. The first-order valence-electron chi connectivity index (χ1n) is 19.1. The number of benzene rings is 8. The molecule has 8 heteroatoms. The van der Waals surface area contributed by atoms with Gasteiger partial charge in [0.1, 0.15) is 5.56 Å². The van der Waals surface area contributed by atoms with Gasteiger partial charge in [-0.1, -0.05) is 103 Å². The summed E-state index contributed by atoms with van der Waals surface area (Å²) in [7, 11) is 0. The Labute approximate surface area is 341 Å². The number of hydrogen-bond acceptors (Lipinski definition) is 3. The van der Waals surface area contributed by atoms with E-state index in [1.165, 1.54) is 6.07 Å². The first kappa shape index (κ1) is 36.0. The zero-order valence-corrected chi connectivity index (χ0v) is 31.5. The van der Waals surface area contributed by atoms with E-state index in [1.807, 2.05) is 109 Å². The quantitative estimate of drug-likeness (QED) is 0.174. The largest absolute Gasteiger partial charge is 0.420 e. The summed E-state index contributed by atoms with van der Waals surface area (Å²) in [6.07, 6.45) is -4.89. The van der Waals surface area contributed by atoms with Crippen LogP contribution in [0.2, 0.25) is 0 Å². The van der Waals surface area contributed by atoms with Gasteiger partial charge < -0.3 is 9.13 Å². The number of nitrogens with zero attached hydrogens (tertiary/aromatic N) is 5. The molecule has 10 aromatic rings. The Morgan fingerprint density at radius 2 is 0.900 bits per heavy atom. The van der Waals surface area contributed by atoms with E-state index in [0.717, 1.165) is 38.4 Å². The van der Waals surface area contributed by atoms with Crippen molar-refractivity contribution >= 4 is 43.6 Å². The lowest BCUT2D eigenvalue weighted by molar-refractivity contribution is -0.137. The second-order valence-corrected chi connectivity index (χ2v) is 14.5. The predicted molar refractivity (Wildman–Crippen MR) is 231 cm³/mol. The summed E-state index contributed by atoms with van der Waals surface area (Å²) in [5.74, 6) is 0. The van der Waals surface area contributed by atoms with Crippen LogP contribution in [-0.4, -0.2) is 9.13 Å². The molecule has 0 aliphatic rings. The zero-order chi connectivity index (χ0) is 41.1. The van der Waals surface area contributed by atoms with Gasteiger partial charge in [-0.25, -0.2) is 0 Å². The number of halogens is 3. The fraction of sp³-hybridized carbons (Fsp3) is 0.0192. The average Bonchev–Trinajstić information content (AvgIpc) is 3.80. The lowest BCUT2D eigenvalue weighted by atomic mass is 9.96. The zero-order valence-electron chi connectivity index (χ0n) is 31.5. The molecule has 0 bridgehead atoms. The van der Waals surface area contributed by atoms with E-state index in [9.17, 15) is 15.8 Å². The Kier molecular flexibility index (Phi) is 8.35. The highest BCUT2D eigenvalue weighted by Gasteiger charge is 2.40. The fourth-order valence-corrected chi connectivity index (χ4v) is 8.71. The molecule has 0 spiro atoms.